The van der Waals surface area contributed by atoms with Crippen molar-refractivity contribution in [2.75, 3.05) is 6.61 Å². The summed E-state index contributed by atoms with van der Waals surface area (Å²) in [6, 6.07) is 28.5. The predicted molar refractivity (Wildman–Crippen MR) is 110 cm³/mol. The number of hydrogen-bond donors (Lipinski definition) is 0. The van der Waals surface area contributed by atoms with Crippen LogP contribution in [0, 0.1) is 0 Å². The van der Waals surface area contributed by atoms with E-state index in [4.69, 9.17) is 9.72 Å². The number of rotatable bonds is 6. The molecule has 4 aromatic rings. The number of carbonyl (C=O) groups is 1. The van der Waals surface area contributed by atoms with Gasteiger partial charge in [0.2, 0.25) is 0 Å². The zero-order valence-corrected chi connectivity index (χ0v) is 15.8. The first-order valence-corrected chi connectivity index (χ1v) is 9.48. The van der Waals surface area contributed by atoms with E-state index >= 15 is 0 Å². The van der Waals surface area contributed by atoms with Crippen molar-refractivity contribution in [1.29, 1.82) is 0 Å². The van der Waals surface area contributed by atoms with Gasteiger partial charge in [-0.25, -0.2) is 4.98 Å². The van der Waals surface area contributed by atoms with E-state index < -0.39 is 0 Å². The molecule has 0 saturated heterocycles. The lowest BCUT2D eigenvalue weighted by atomic mass is 9.90. The van der Waals surface area contributed by atoms with Gasteiger partial charge in [0.05, 0.1) is 23.6 Å². The molecule has 0 radical (unpaired) electrons. The number of benzene rings is 3. The van der Waals surface area contributed by atoms with Gasteiger partial charge in [-0.05, 0) is 30.2 Å². The van der Waals surface area contributed by atoms with Crippen LogP contribution in [-0.4, -0.2) is 22.1 Å². The summed E-state index contributed by atoms with van der Waals surface area (Å²) < 4.78 is 7.21. The molecule has 0 saturated carbocycles. The van der Waals surface area contributed by atoms with E-state index in [0.717, 1.165) is 28.0 Å². The van der Waals surface area contributed by atoms with Crippen LogP contribution in [0.3, 0.4) is 0 Å². The second kappa shape index (κ2) is 8.09. The number of para-hydroxylation sites is 2. The molecular weight excluding hydrogens is 348 g/mol. The van der Waals surface area contributed by atoms with E-state index in [9.17, 15) is 4.79 Å². The molecule has 4 heteroatoms. The highest BCUT2D eigenvalue weighted by Gasteiger charge is 2.24. The maximum atomic E-state index is 12.3. The van der Waals surface area contributed by atoms with Crippen LogP contribution in [-0.2, 0) is 16.1 Å². The Hall–Kier alpha value is -3.40. The first-order valence-electron chi connectivity index (χ1n) is 9.48. The molecule has 0 aliphatic heterocycles. The van der Waals surface area contributed by atoms with E-state index in [1.54, 1.807) is 0 Å². The molecule has 0 aliphatic carbocycles. The highest BCUT2D eigenvalue weighted by atomic mass is 16.5. The van der Waals surface area contributed by atoms with Crippen molar-refractivity contribution in [3.05, 3.63) is 102 Å². The van der Waals surface area contributed by atoms with Crippen molar-refractivity contribution >= 4 is 17.0 Å². The summed E-state index contributed by atoms with van der Waals surface area (Å²) in [6.07, 6.45) is 0. The van der Waals surface area contributed by atoms with Gasteiger partial charge in [-0.15, -0.1) is 0 Å². The van der Waals surface area contributed by atoms with Gasteiger partial charge in [-0.1, -0.05) is 72.8 Å². The van der Waals surface area contributed by atoms with Gasteiger partial charge in [0, 0.05) is 0 Å². The maximum Gasteiger partial charge on any atom is 0.326 e. The highest BCUT2D eigenvalue weighted by molar-refractivity contribution is 5.79. The van der Waals surface area contributed by atoms with Crippen molar-refractivity contribution in [2.24, 2.45) is 0 Å². The van der Waals surface area contributed by atoms with E-state index in [1.807, 2.05) is 72.2 Å². The molecule has 3 aromatic carbocycles. The predicted octanol–water partition coefficient (Wildman–Crippen LogP) is 4.78. The smallest absolute Gasteiger partial charge is 0.326 e. The van der Waals surface area contributed by atoms with E-state index in [0.29, 0.717) is 6.61 Å². The standard InChI is InChI=1S/C24H22N2O2/c1-2-28-22(27)17-26-21-16-10-9-15-20(21)25-24(26)23(18-11-5-3-6-12-18)19-13-7-4-8-14-19/h3-16,23H,2,17H2,1H3. The Balaban J connectivity index is 1.92. The quantitative estimate of drug-likeness (QED) is 0.459. The Labute approximate surface area is 164 Å². The molecule has 0 fully saturated rings. The van der Waals surface area contributed by atoms with Crippen molar-refractivity contribution in [2.45, 2.75) is 19.4 Å². The fourth-order valence-electron chi connectivity index (χ4n) is 3.60. The van der Waals surface area contributed by atoms with Crippen molar-refractivity contribution in [1.82, 2.24) is 9.55 Å². The number of esters is 1. The van der Waals surface area contributed by atoms with Crippen LogP contribution >= 0.6 is 0 Å². The Morgan fingerprint density at radius 3 is 2.07 bits per heavy atom. The first kappa shape index (κ1) is 18.0. The minimum absolute atomic E-state index is 0.0794. The van der Waals surface area contributed by atoms with Crippen molar-refractivity contribution in [3.63, 3.8) is 0 Å². The number of fused-ring (bicyclic) bond motifs is 1. The third-order valence-corrected chi connectivity index (χ3v) is 4.80. The summed E-state index contributed by atoms with van der Waals surface area (Å²) >= 11 is 0. The third-order valence-electron chi connectivity index (χ3n) is 4.80. The second-order valence-electron chi connectivity index (χ2n) is 6.60. The zero-order chi connectivity index (χ0) is 19.3. The lowest BCUT2D eigenvalue weighted by Gasteiger charge is -2.19. The van der Waals surface area contributed by atoms with Crippen LogP contribution in [0.2, 0.25) is 0 Å². The summed E-state index contributed by atoms with van der Waals surface area (Å²) in [5.41, 5.74) is 4.07. The highest BCUT2D eigenvalue weighted by Crippen LogP contribution is 2.33. The maximum absolute atomic E-state index is 12.3. The van der Waals surface area contributed by atoms with Crippen LogP contribution in [0.25, 0.3) is 11.0 Å². The van der Waals surface area contributed by atoms with Gasteiger partial charge >= 0.3 is 5.97 Å². The monoisotopic (exact) mass is 370 g/mol. The van der Waals surface area contributed by atoms with Gasteiger partial charge in [-0.2, -0.15) is 0 Å². The van der Waals surface area contributed by atoms with Crippen molar-refractivity contribution in [3.8, 4) is 0 Å². The second-order valence-corrected chi connectivity index (χ2v) is 6.60. The minimum atomic E-state index is -0.258. The Bertz CT molecular complexity index is 1030. The molecule has 0 amide bonds. The van der Waals surface area contributed by atoms with Gasteiger partial charge < -0.3 is 9.30 Å². The Morgan fingerprint density at radius 1 is 0.893 bits per heavy atom. The summed E-state index contributed by atoms with van der Waals surface area (Å²) in [5, 5.41) is 0. The van der Waals surface area contributed by atoms with E-state index in [-0.39, 0.29) is 18.4 Å². The molecule has 140 valence electrons. The van der Waals surface area contributed by atoms with Gasteiger partial charge in [0.15, 0.2) is 0 Å². The van der Waals surface area contributed by atoms with E-state index in [1.165, 1.54) is 0 Å². The largest absolute Gasteiger partial charge is 0.465 e. The van der Waals surface area contributed by atoms with Gasteiger partial charge in [-0.3, -0.25) is 4.79 Å². The molecule has 0 atom stereocenters. The van der Waals surface area contributed by atoms with Gasteiger partial charge in [0.1, 0.15) is 12.4 Å². The lowest BCUT2D eigenvalue weighted by molar-refractivity contribution is -0.143. The topological polar surface area (TPSA) is 44.1 Å². The van der Waals surface area contributed by atoms with Gasteiger partial charge in [0.25, 0.3) is 0 Å². The molecule has 0 unspecified atom stereocenters. The number of hydrogen-bond acceptors (Lipinski definition) is 3. The number of nitrogens with zero attached hydrogens (tertiary/aromatic N) is 2. The average molecular weight is 370 g/mol. The molecule has 0 aliphatic rings. The third kappa shape index (κ3) is 3.54. The normalized spacial score (nSPS) is 11.1. The zero-order valence-electron chi connectivity index (χ0n) is 15.8. The first-order chi connectivity index (χ1) is 13.8. The molecule has 1 aromatic heterocycles. The number of aromatic nitrogens is 2. The van der Waals surface area contributed by atoms with E-state index in [2.05, 4.69) is 24.3 Å². The number of imidazole rings is 1. The van der Waals surface area contributed by atoms with Crippen LogP contribution in [0.15, 0.2) is 84.9 Å². The fourth-order valence-corrected chi connectivity index (χ4v) is 3.60. The van der Waals surface area contributed by atoms with Crippen LogP contribution in [0.1, 0.15) is 29.8 Å². The van der Waals surface area contributed by atoms with Crippen molar-refractivity contribution < 1.29 is 9.53 Å². The minimum Gasteiger partial charge on any atom is -0.465 e. The average Bonchev–Trinajstić information content (AvgIpc) is 3.08. The molecule has 1 heterocycles. The van der Waals surface area contributed by atoms with Crippen LogP contribution in [0.4, 0.5) is 0 Å². The molecule has 28 heavy (non-hydrogen) atoms. The molecule has 0 bridgehead atoms. The Morgan fingerprint density at radius 2 is 1.46 bits per heavy atom. The SMILES string of the molecule is CCOC(=O)Cn1c(C(c2ccccc2)c2ccccc2)nc2ccccc21. The molecule has 0 N–H and O–H groups in total. The summed E-state index contributed by atoms with van der Waals surface area (Å²) in [5.74, 6) is 0.502. The number of carbonyl (C=O) groups excluding carboxylic acids is 1. The lowest BCUT2D eigenvalue weighted by Crippen LogP contribution is -2.18. The van der Waals surface area contributed by atoms with Crippen LogP contribution in [0.5, 0.6) is 0 Å². The van der Waals surface area contributed by atoms with Crippen LogP contribution < -0.4 is 0 Å². The fraction of sp³-hybridized carbons (Fsp3) is 0.167. The Kier molecular flexibility index (Phi) is 5.20. The summed E-state index contributed by atoms with van der Waals surface area (Å²) in [6.45, 7) is 2.32. The molecule has 4 nitrogen and oxygen atoms in total. The summed E-state index contributed by atoms with van der Waals surface area (Å²) in [7, 11) is 0. The molecule has 0 spiro atoms. The summed E-state index contributed by atoms with van der Waals surface area (Å²) in [4.78, 5) is 17.3. The number of ether oxygens (including phenoxy) is 1. The molecule has 4 rings (SSSR count). The molecular formula is C24H22N2O2.